The van der Waals surface area contributed by atoms with Crippen molar-refractivity contribution >= 4 is 0 Å². The second-order valence-corrected chi connectivity index (χ2v) is 4.41. The van der Waals surface area contributed by atoms with Gasteiger partial charge in [0, 0.05) is 18.4 Å². The van der Waals surface area contributed by atoms with Gasteiger partial charge in [0.05, 0.1) is 7.11 Å². The first-order valence-corrected chi connectivity index (χ1v) is 5.99. The summed E-state index contributed by atoms with van der Waals surface area (Å²) in [6, 6.07) is 10.0. The maximum atomic E-state index is 6.22. The number of pyridine rings is 1. The molecular weight excluding hydrogens is 224 g/mol. The van der Waals surface area contributed by atoms with Crippen LogP contribution in [0, 0.1) is 6.92 Å². The van der Waals surface area contributed by atoms with Gasteiger partial charge in [-0.1, -0.05) is 17.7 Å². The highest BCUT2D eigenvalue weighted by Crippen LogP contribution is 2.24. The average Bonchev–Trinajstić information content (AvgIpc) is 2.40. The van der Waals surface area contributed by atoms with Gasteiger partial charge in [-0.15, -0.1) is 0 Å². The SMILES string of the molecule is COc1ccc(C)cc1CC(N)c1ccncc1. The van der Waals surface area contributed by atoms with Crippen molar-refractivity contribution in [3.05, 3.63) is 59.4 Å². The highest BCUT2D eigenvalue weighted by Gasteiger charge is 2.10. The van der Waals surface area contributed by atoms with Gasteiger partial charge in [-0.3, -0.25) is 4.98 Å². The summed E-state index contributed by atoms with van der Waals surface area (Å²) in [4.78, 5) is 4.00. The molecule has 0 spiro atoms. The van der Waals surface area contributed by atoms with E-state index in [1.807, 2.05) is 24.3 Å². The van der Waals surface area contributed by atoms with E-state index in [1.165, 1.54) is 5.56 Å². The van der Waals surface area contributed by atoms with Crippen LogP contribution in [0.2, 0.25) is 0 Å². The summed E-state index contributed by atoms with van der Waals surface area (Å²) in [7, 11) is 1.69. The van der Waals surface area contributed by atoms with Crippen LogP contribution < -0.4 is 10.5 Å². The number of methoxy groups -OCH3 is 1. The number of hydrogen-bond acceptors (Lipinski definition) is 3. The summed E-state index contributed by atoms with van der Waals surface area (Å²) in [6.07, 6.45) is 4.29. The first-order chi connectivity index (χ1) is 8.70. The molecular formula is C15H18N2O. The van der Waals surface area contributed by atoms with Gasteiger partial charge in [-0.05, 0) is 42.7 Å². The lowest BCUT2D eigenvalue weighted by atomic mass is 9.98. The Morgan fingerprint density at radius 1 is 1.22 bits per heavy atom. The first kappa shape index (κ1) is 12.6. The molecule has 0 aliphatic heterocycles. The number of hydrogen-bond donors (Lipinski definition) is 1. The summed E-state index contributed by atoms with van der Waals surface area (Å²) < 4.78 is 5.37. The van der Waals surface area contributed by atoms with Crippen LogP contribution in [0.3, 0.4) is 0 Å². The Labute approximate surface area is 108 Å². The molecule has 1 aromatic carbocycles. The van der Waals surface area contributed by atoms with Crippen molar-refractivity contribution in [3.8, 4) is 5.75 Å². The summed E-state index contributed by atoms with van der Waals surface area (Å²) in [5, 5.41) is 0. The second-order valence-electron chi connectivity index (χ2n) is 4.41. The van der Waals surface area contributed by atoms with Crippen LogP contribution in [0.5, 0.6) is 5.75 Å². The molecule has 2 rings (SSSR count). The van der Waals surface area contributed by atoms with Crippen LogP contribution in [-0.4, -0.2) is 12.1 Å². The zero-order valence-corrected chi connectivity index (χ0v) is 10.8. The maximum absolute atomic E-state index is 6.22. The normalized spacial score (nSPS) is 12.2. The molecule has 0 radical (unpaired) electrons. The molecule has 3 nitrogen and oxygen atoms in total. The number of ether oxygens (including phenoxy) is 1. The smallest absolute Gasteiger partial charge is 0.122 e. The van der Waals surface area contributed by atoms with Gasteiger partial charge in [-0.25, -0.2) is 0 Å². The van der Waals surface area contributed by atoms with Gasteiger partial charge in [0.15, 0.2) is 0 Å². The Morgan fingerprint density at radius 2 is 1.94 bits per heavy atom. The molecule has 2 N–H and O–H groups in total. The lowest BCUT2D eigenvalue weighted by Gasteiger charge is -2.15. The first-order valence-electron chi connectivity index (χ1n) is 5.99. The molecule has 0 fully saturated rings. The highest BCUT2D eigenvalue weighted by atomic mass is 16.5. The van der Waals surface area contributed by atoms with Crippen LogP contribution in [0.4, 0.5) is 0 Å². The zero-order chi connectivity index (χ0) is 13.0. The predicted octanol–water partition coefficient (Wildman–Crippen LogP) is 2.64. The summed E-state index contributed by atoms with van der Waals surface area (Å²) >= 11 is 0. The van der Waals surface area contributed by atoms with Gasteiger partial charge >= 0.3 is 0 Å². The third-order valence-electron chi connectivity index (χ3n) is 3.01. The molecule has 94 valence electrons. The molecule has 1 unspecified atom stereocenters. The van der Waals surface area contributed by atoms with E-state index in [9.17, 15) is 0 Å². The van der Waals surface area contributed by atoms with Crippen LogP contribution in [0.25, 0.3) is 0 Å². The van der Waals surface area contributed by atoms with Gasteiger partial charge in [0.1, 0.15) is 5.75 Å². The Hall–Kier alpha value is -1.87. The van der Waals surface area contributed by atoms with Gasteiger partial charge < -0.3 is 10.5 Å². The van der Waals surface area contributed by atoms with Gasteiger partial charge in [0.2, 0.25) is 0 Å². The van der Waals surface area contributed by atoms with Crippen LogP contribution in [-0.2, 0) is 6.42 Å². The lowest BCUT2D eigenvalue weighted by Crippen LogP contribution is -2.14. The Balaban J connectivity index is 2.21. The topological polar surface area (TPSA) is 48.1 Å². The maximum Gasteiger partial charge on any atom is 0.122 e. The van der Waals surface area contributed by atoms with Crippen LogP contribution in [0.15, 0.2) is 42.7 Å². The molecule has 0 saturated heterocycles. The van der Waals surface area contributed by atoms with E-state index in [0.717, 1.165) is 23.3 Å². The molecule has 0 aliphatic rings. The van der Waals surface area contributed by atoms with Gasteiger partial charge in [-0.2, -0.15) is 0 Å². The largest absolute Gasteiger partial charge is 0.496 e. The van der Waals surface area contributed by atoms with E-state index in [-0.39, 0.29) is 6.04 Å². The monoisotopic (exact) mass is 242 g/mol. The predicted molar refractivity (Wildman–Crippen MR) is 72.6 cm³/mol. The molecule has 0 amide bonds. The van der Waals surface area contributed by atoms with Crippen molar-refractivity contribution in [2.24, 2.45) is 5.73 Å². The molecule has 0 aliphatic carbocycles. The van der Waals surface area contributed by atoms with E-state index >= 15 is 0 Å². The van der Waals surface area contributed by atoms with Crippen molar-refractivity contribution in [3.63, 3.8) is 0 Å². The van der Waals surface area contributed by atoms with Crippen molar-refractivity contribution in [1.82, 2.24) is 4.98 Å². The molecule has 1 atom stereocenters. The molecule has 1 aromatic heterocycles. The Morgan fingerprint density at radius 3 is 2.61 bits per heavy atom. The molecule has 1 heterocycles. The standard InChI is InChI=1S/C15H18N2O/c1-11-3-4-15(18-2)13(9-11)10-14(16)12-5-7-17-8-6-12/h3-9,14H,10,16H2,1-2H3. The fraction of sp³-hybridized carbons (Fsp3) is 0.267. The van der Waals surface area contributed by atoms with Crippen molar-refractivity contribution in [1.29, 1.82) is 0 Å². The van der Waals surface area contributed by atoms with E-state index in [0.29, 0.717) is 0 Å². The van der Waals surface area contributed by atoms with Crippen molar-refractivity contribution in [2.75, 3.05) is 7.11 Å². The Kier molecular flexibility index (Phi) is 3.95. The Bertz CT molecular complexity index is 511. The molecule has 0 saturated carbocycles. The van der Waals surface area contributed by atoms with Crippen molar-refractivity contribution < 1.29 is 4.74 Å². The number of nitrogens with zero attached hydrogens (tertiary/aromatic N) is 1. The van der Waals surface area contributed by atoms with Crippen LogP contribution in [0.1, 0.15) is 22.7 Å². The molecule has 18 heavy (non-hydrogen) atoms. The summed E-state index contributed by atoms with van der Waals surface area (Å²) in [5.74, 6) is 0.894. The molecule has 3 heteroatoms. The van der Waals surface area contributed by atoms with E-state index in [1.54, 1.807) is 19.5 Å². The molecule has 2 aromatic rings. The lowest BCUT2D eigenvalue weighted by molar-refractivity contribution is 0.408. The quantitative estimate of drug-likeness (QED) is 0.896. The minimum atomic E-state index is -0.0382. The van der Waals surface area contributed by atoms with E-state index < -0.39 is 0 Å². The third-order valence-corrected chi connectivity index (χ3v) is 3.01. The summed E-state index contributed by atoms with van der Waals surface area (Å²) in [5.41, 5.74) is 9.66. The highest BCUT2D eigenvalue weighted by molar-refractivity contribution is 5.38. The van der Waals surface area contributed by atoms with Crippen LogP contribution >= 0.6 is 0 Å². The minimum absolute atomic E-state index is 0.0382. The summed E-state index contributed by atoms with van der Waals surface area (Å²) in [6.45, 7) is 2.07. The fourth-order valence-corrected chi connectivity index (χ4v) is 2.03. The second kappa shape index (κ2) is 5.65. The zero-order valence-electron chi connectivity index (χ0n) is 10.8. The number of nitrogens with two attached hydrogens (primary N) is 1. The third kappa shape index (κ3) is 2.87. The number of benzene rings is 1. The number of aromatic nitrogens is 1. The van der Waals surface area contributed by atoms with Crippen molar-refractivity contribution in [2.45, 2.75) is 19.4 Å². The van der Waals surface area contributed by atoms with Gasteiger partial charge in [0.25, 0.3) is 0 Å². The fourth-order valence-electron chi connectivity index (χ4n) is 2.03. The number of rotatable bonds is 4. The minimum Gasteiger partial charge on any atom is -0.496 e. The average molecular weight is 242 g/mol. The number of aryl methyl sites for hydroxylation is 1. The molecule has 0 bridgehead atoms. The van der Waals surface area contributed by atoms with E-state index in [2.05, 4.69) is 18.0 Å². The van der Waals surface area contributed by atoms with E-state index in [4.69, 9.17) is 10.5 Å².